The van der Waals surface area contributed by atoms with Crippen molar-refractivity contribution in [3.05, 3.63) is 60.4 Å². The molecule has 1 saturated heterocycles. The van der Waals surface area contributed by atoms with Gasteiger partial charge in [0.05, 0.1) is 12.5 Å². The fraction of sp³-hybridized carbons (Fsp3) is 0.222. The Morgan fingerprint density at radius 2 is 2.00 bits per heavy atom. The van der Waals surface area contributed by atoms with E-state index in [9.17, 15) is 9.18 Å². The Morgan fingerprint density at radius 3 is 2.74 bits per heavy atom. The summed E-state index contributed by atoms with van der Waals surface area (Å²) in [6, 6.07) is 9.40. The van der Waals surface area contributed by atoms with Crippen molar-refractivity contribution in [3.8, 4) is 0 Å². The molecule has 1 aromatic carbocycles. The van der Waals surface area contributed by atoms with Gasteiger partial charge in [0, 0.05) is 31.9 Å². The highest BCUT2D eigenvalue weighted by atomic mass is 19.1. The van der Waals surface area contributed by atoms with Crippen LogP contribution < -0.4 is 10.2 Å². The molecule has 1 fully saturated rings. The molecule has 4 rings (SSSR count). The Hall–Kier alpha value is -3.49. The van der Waals surface area contributed by atoms with Gasteiger partial charge in [-0.1, -0.05) is 6.07 Å². The Bertz CT molecular complexity index is 925. The Balaban J connectivity index is 1.40. The van der Waals surface area contributed by atoms with E-state index >= 15 is 0 Å². The minimum Gasteiger partial charge on any atom is -0.459 e. The van der Waals surface area contributed by atoms with E-state index in [-0.39, 0.29) is 17.7 Å². The minimum atomic E-state index is -0.346. The predicted molar refractivity (Wildman–Crippen MR) is 96.3 cm³/mol. The molecule has 9 heteroatoms. The van der Waals surface area contributed by atoms with Gasteiger partial charge in [-0.25, -0.2) is 4.39 Å². The predicted octanol–water partition coefficient (Wildman–Crippen LogP) is 2.31. The quantitative estimate of drug-likeness (QED) is 0.756. The zero-order valence-electron chi connectivity index (χ0n) is 14.4. The van der Waals surface area contributed by atoms with Crippen molar-refractivity contribution in [2.75, 3.05) is 36.4 Å². The first-order chi connectivity index (χ1) is 13.2. The molecule has 0 spiro atoms. The van der Waals surface area contributed by atoms with Crippen LogP contribution in [0.5, 0.6) is 0 Å². The van der Waals surface area contributed by atoms with Gasteiger partial charge in [-0.2, -0.15) is 10.1 Å². The maximum Gasteiger partial charge on any atom is 0.289 e. The number of furan rings is 1. The fourth-order valence-electron chi connectivity index (χ4n) is 2.89. The van der Waals surface area contributed by atoms with Crippen LogP contribution in [0.15, 0.2) is 53.3 Å². The number of rotatable bonds is 4. The van der Waals surface area contributed by atoms with Gasteiger partial charge in [0.2, 0.25) is 5.95 Å². The summed E-state index contributed by atoms with van der Waals surface area (Å²) in [7, 11) is 0. The van der Waals surface area contributed by atoms with Crippen molar-refractivity contribution >= 4 is 23.4 Å². The number of nitrogens with zero attached hydrogens (tertiary/aromatic N) is 5. The largest absolute Gasteiger partial charge is 0.459 e. The van der Waals surface area contributed by atoms with Crippen LogP contribution >= 0.6 is 0 Å². The lowest BCUT2D eigenvalue weighted by Gasteiger charge is -2.34. The van der Waals surface area contributed by atoms with Crippen molar-refractivity contribution in [1.29, 1.82) is 0 Å². The maximum absolute atomic E-state index is 13.3. The van der Waals surface area contributed by atoms with E-state index in [1.165, 1.54) is 18.4 Å². The molecule has 3 aromatic rings. The number of anilines is 3. The van der Waals surface area contributed by atoms with Crippen molar-refractivity contribution in [2.45, 2.75) is 0 Å². The number of piperazine rings is 1. The van der Waals surface area contributed by atoms with E-state index < -0.39 is 0 Å². The Morgan fingerprint density at radius 1 is 1.15 bits per heavy atom. The molecule has 1 N–H and O–H groups in total. The normalized spacial score (nSPS) is 14.3. The molecule has 138 valence electrons. The average molecular weight is 368 g/mol. The lowest BCUT2D eigenvalue weighted by Crippen LogP contribution is -2.49. The highest BCUT2D eigenvalue weighted by molar-refractivity contribution is 5.91. The monoisotopic (exact) mass is 368 g/mol. The first-order valence-electron chi connectivity index (χ1n) is 8.49. The van der Waals surface area contributed by atoms with Gasteiger partial charge in [0.15, 0.2) is 11.6 Å². The fourth-order valence-corrected chi connectivity index (χ4v) is 2.89. The molecule has 1 amide bonds. The Labute approximate surface area is 154 Å². The molecule has 0 radical (unpaired) electrons. The lowest BCUT2D eigenvalue weighted by atomic mass is 10.3. The number of halogens is 1. The summed E-state index contributed by atoms with van der Waals surface area (Å²) in [6.45, 7) is 2.33. The molecular formula is C18H17FN6O2. The van der Waals surface area contributed by atoms with E-state index in [1.54, 1.807) is 35.4 Å². The molecule has 1 aliphatic rings. The van der Waals surface area contributed by atoms with E-state index in [0.717, 1.165) is 0 Å². The molecule has 0 bridgehead atoms. The molecule has 27 heavy (non-hydrogen) atoms. The van der Waals surface area contributed by atoms with Gasteiger partial charge in [0.1, 0.15) is 5.82 Å². The topological polar surface area (TPSA) is 87.4 Å². The lowest BCUT2D eigenvalue weighted by molar-refractivity contribution is 0.0714. The standard InChI is InChI=1S/C18H17FN6O2/c19-13-3-1-4-14(11-13)21-18-22-16(12-20-23-18)24-6-8-25(9-7-24)17(26)15-5-2-10-27-15/h1-5,10-12H,6-9H2,(H,21,22,23). The highest BCUT2D eigenvalue weighted by Crippen LogP contribution is 2.18. The van der Waals surface area contributed by atoms with Crippen LogP contribution in [0.3, 0.4) is 0 Å². The number of carbonyl (C=O) groups is 1. The van der Waals surface area contributed by atoms with E-state index in [4.69, 9.17) is 4.42 Å². The molecule has 0 unspecified atom stereocenters. The summed E-state index contributed by atoms with van der Waals surface area (Å²) in [5.74, 6) is 0.810. The third-order valence-corrected chi connectivity index (χ3v) is 4.25. The number of carbonyl (C=O) groups excluding carboxylic acids is 1. The van der Waals surface area contributed by atoms with Crippen LogP contribution in [-0.2, 0) is 0 Å². The van der Waals surface area contributed by atoms with E-state index in [2.05, 4.69) is 20.5 Å². The number of hydrogen-bond acceptors (Lipinski definition) is 7. The van der Waals surface area contributed by atoms with Crippen molar-refractivity contribution < 1.29 is 13.6 Å². The second-order valence-corrected chi connectivity index (χ2v) is 6.03. The van der Waals surface area contributed by atoms with Crippen molar-refractivity contribution in [1.82, 2.24) is 20.1 Å². The van der Waals surface area contributed by atoms with Crippen molar-refractivity contribution in [2.24, 2.45) is 0 Å². The van der Waals surface area contributed by atoms with Crippen LogP contribution in [0.2, 0.25) is 0 Å². The summed E-state index contributed by atoms with van der Waals surface area (Å²) in [4.78, 5) is 20.5. The Kier molecular flexibility index (Phi) is 4.65. The van der Waals surface area contributed by atoms with Crippen LogP contribution in [-0.4, -0.2) is 52.2 Å². The molecule has 3 heterocycles. The molecule has 2 aromatic heterocycles. The van der Waals surface area contributed by atoms with Gasteiger partial charge < -0.3 is 19.5 Å². The summed E-state index contributed by atoms with van der Waals surface area (Å²) < 4.78 is 18.5. The summed E-state index contributed by atoms with van der Waals surface area (Å²) in [5, 5.41) is 10.8. The van der Waals surface area contributed by atoms with Gasteiger partial charge in [-0.05, 0) is 30.3 Å². The van der Waals surface area contributed by atoms with E-state index in [0.29, 0.717) is 43.4 Å². The van der Waals surface area contributed by atoms with E-state index in [1.807, 2.05) is 4.90 Å². The third-order valence-electron chi connectivity index (χ3n) is 4.25. The second kappa shape index (κ2) is 7.40. The van der Waals surface area contributed by atoms with Crippen LogP contribution in [0.25, 0.3) is 0 Å². The van der Waals surface area contributed by atoms with Crippen LogP contribution in [0.1, 0.15) is 10.6 Å². The zero-order valence-corrected chi connectivity index (χ0v) is 14.4. The first-order valence-corrected chi connectivity index (χ1v) is 8.49. The van der Waals surface area contributed by atoms with Gasteiger partial charge in [-0.15, -0.1) is 5.10 Å². The van der Waals surface area contributed by atoms with Gasteiger partial charge in [-0.3, -0.25) is 4.79 Å². The van der Waals surface area contributed by atoms with Crippen LogP contribution in [0.4, 0.5) is 21.8 Å². The third kappa shape index (κ3) is 3.86. The summed E-state index contributed by atoms with van der Waals surface area (Å²) in [5.41, 5.74) is 0.544. The average Bonchev–Trinajstić information content (AvgIpc) is 3.23. The van der Waals surface area contributed by atoms with Crippen LogP contribution in [0, 0.1) is 5.82 Å². The van der Waals surface area contributed by atoms with Crippen molar-refractivity contribution in [3.63, 3.8) is 0 Å². The smallest absolute Gasteiger partial charge is 0.289 e. The molecule has 0 aliphatic carbocycles. The number of aromatic nitrogens is 3. The number of nitrogens with one attached hydrogen (secondary N) is 1. The maximum atomic E-state index is 13.3. The molecule has 0 saturated carbocycles. The van der Waals surface area contributed by atoms with Gasteiger partial charge >= 0.3 is 0 Å². The summed E-state index contributed by atoms with van der Waals surface area (Å²) >= 11 is 0. The molecular weight excluding hydrogens is 351 g/mol. The number of amides is 1. The molecule has 8 nitrogen and oxygen atoms in total. The highest BCUT2D eigenvalue weighted by Gasteiger charge is 2.24. The second-order valence-electron chi connectivity index (χ2n) is 6.03. The zero-order chi connectivity index (χ0) is 18.6. The first kappa shape index (κ1) is 17.0. The SMILES string of the molecule is O=C(c1ccco1)N1CCN(c2cnnc(Nc3cccc(F)c3)n2)CC1. The number of benzene rings is 1. The van der Waals surface area contributed by atoms with Gasteiger partial charge in [0.25, 0.3) is 5.91 Å². The summed E-state index contributed by atoms with van der Waals surface area (Å²) in [6.07, 6.45) is 3.06. The number of hydrogen-bond donors (Lipinski definition) is 1. The molecule has 1 aliphatic heterocycles. The molecule has 0 atom stereocenters. The minimum absolute atomic E-state index is 0.117.